The summed E-state index contributed by atoms with van der Waals surface area (Å²) in [6.45, 7) is 25.8. The molecule has 4 aromatic rings. The molecule has 242 valence electrons. The molecule has 2 aliphatic rings. The molecule has 6 rings (SSSR count). The lowest BCUT2D eigenvalue weighted by Gasteiger charge is -2.50. The van der Waals surface area contributed by atoms with Gasteiger partial charge < -0.3 is 9.80 Å². The molecule has 0 N–H and O–H groups in total. The van der Waals surface area contributed by atoms with E-state index in [1.165, 1.54) is 76.4 Å². The second kappa shape index (κ2) is 11.0. The van der Waals surface area contributed by atoms with E-state index in [1.54, 1.807) is 0 Å². The summed E-state index contributed by atoms with van der Waals surface area (Å²) < 4.78 is 0. The van der Waals surface area contributed by atoms with Crippen LogP contribution in [0, 0.1) is 0 Å². The number of fused-ring (bicyclic) bond motifs is 3. The lowest BCUT2D eigenvalue weighted by atomic mass is 9.61. The molecule has 1 fully saturated rings. The molecule has 4 aromatic carbocycles. The van der Waals surface area contributed by atoms with Gasteiger partial charge in [-0.3, -0.25) is 0 Å². The van der Waals surface area contributed by atoms with Gasteiger partial charge in [0.05, 0.1) is 5.54 Å². The Balaban J connectivity index is 1.58. The molecule has 0 amide bonds. The summed E-state index contributed by atoms with van der Waals surface area (Å²) in [5.74, 6) is 0. The molecule has 0 radical (unpaired) electrons. The Kier molecular flexibility index (Phi) is 7.78. The fourth-order valence-electron chi connectivity index (χ4n) is 8.06. The predicted octanol–water partition coefficient (Wildman–Crippen LogP) is 12.8. The zero-order valence-corrected chi connectivity index (χ0v) is 30.4. The first-order chi connectivity index (χ1) is 21.4. The van der Waals surface area contributed by atoms with Crippen LogP contribution >= 0.6 is 0 Å². The Morgan fingerprint density at radius 1 is 0.543 bits per heavy atom. The number of hydrogen-bond donors (Lipinski definition) is 0. The minimum absolute atomic E-state index is 0.0102. The van der Waals surface area contributed by atoms with Crippen molar-refractivity contribution >= 4 is 28.4 Å². The highest BCUT2D eigenvalue weighted by Crippen LogP contribution is 2.61. The Hall–Kier alpha value is -3.52. The summed E-state index contributed by atoms with van der Waals surface area (Å²) >= 11 is 0. The third-order valence-corrected chi connectivity index (χ3v) is 11.3. The van der Waals surface area contributed by atoms with E-state index in [1.807, 2.05) is 0 Å². The van der Waals surface area contributed by atoms with Crippen LogP contribution in [0.4, 0.5) is 28.4 Å². The maximum absolute atomic E-state index is 2.73. The smallest absolute Gasteiger partial charge is 0.0517 e. The summed E-state index contributed by atoms with van der Waals surface area (Å²) in [6, 6.07) is 35.1. The molecule has 1 aliphatic heterocycles. The highest BCUT2D eigenvalue weighted by Gasteiger charge is 2.57. The molecular formula is C44H56N2. The van der Waals surface area contributed by atoms with Crippen molar-refractivity contribution in [1.29, 1.82) is 0 Å². The van der Waals surface area contributed by atoms with Crippen molar-refractivity contribution in [2.75, 3.05) is 9.80 Å². The van der Waals surface area contributed by atoms with Crippen molar-refractivity contribution in [3.63, 3.8) is 0 Å². The Labute approximate surface area is 279 Å². The van der Waals surface area contributed by atoms with Gasteiger partial charge in [-0.2, -0.15) is 0 Å². The first-order valence-electron chi connectivity index (χ1n) is 17.5. The van der Waals surface area contributed by atoms with Gasteiger partial charge in [0.2, 0.25) is 0 Å². The lowest BCUT2D eigenvalue weighted by molar-refractivity contribution is 0.195. The zero-order valence-electron chi connectivity index (χ0n) is 30.4. The molecule has 2 heteroatoms. The molecule has 46 heavy (non-hydrogen) atoms. The molecule has 2 nitrogen and oxygen atoms in total. The fourth-order valence-corrected chi connectivity index (χ4v) is 8.06. The van der Waals surface area contributed by atoms with Gasteiger partial charge in [-0.25, -0.2) is 0 Å². The molecule has 1 aliphatic carbocycles. The van der Waals surface area contributed by atoms with Gasteiger partial charge in [0.25, 0.3) is 0 Å². The Morgan fingerprint density at radius 2 is 1.04 bits per heavy atom. The summed E-state index contributed by atoms with van der Waals surface area (Å²) in [5.41, 5.74) is 12.1. The summed E-state index contributed by atoms with van der Waals surface area (Å²) in [6.07, 6.45) is 4.99. The molecule has 0 aromatic heterocycles. The van der Waals surface area contributed by atoms with Gasteiger partial charge in [0.1, 0.15) is 0 Å². The summed E-state index contributed by atoms with van der Waals surface area (Å²) in [4.78, 5) is 5.20. The molecule has 2 unspecified atom stereocenters. The average Bonchev–Trinajstić information content (AvgIpc) is 3.20. The predicted molar refractivity (Wildman–Crippen MR) is 200 cm³/mol. The van der Waals surface area contributed by atoms with Crippen LogP contribution in [-0.4, -0.2) is 5.54 Å². The standard InChI is InChI=1S/C44H56N2/c1-40(2,3)31-18-22-34(23-19-31)45(35-24-20-32(21-25-35)41(4,5)6)36-28-33(42(7,8)9)29-37(30-36)46-39-17-13-12-16-38(39)43(10)26-14-15-27-44(43,46)11/h12-13,16-25,28-30H,14-15,26-27H2,1-11H3. The molecule has 0 spiro atoms. The SMILES string of the molecule is CC(C)(C)c1ccc(N(c2ccc(C(C)(C)C)cc2)c2cc(N3c4ccccc4C4(C)CCCCC34C)cc(C(C)(C)C)c2)cc1. The summed E-state index contributed by atoms with van der Waals surface area (Å²) in [5, 5.41) is 0. The van der Waals surface area contributed by atoms with Gasteiger partial charge >= 0.3 is 0 Å². The molecular weight excluding hydrogens is 556 g/mol. The van der Waals surface area contributed by atoms with E-state index in [9.17, 15) is 0 Å². The maximum atomic E-state index is 2.73. The monoisotopic (exact) mass is 612 g/mol. The highest BCUT2D eigenvalue weighted by atomic mass is 15.3. The maximum Gasteiger partial charge on any atom is 0.0517 e. The lowest BCUT2D eigenvalue weighted by Crippen LogP contribution is -2.54. The van der Waals surface area contributed by atoms with Gasteiger partial charge in [-0.05, 0) is 107 Å². The van der Waals surface area contributed by atoms with Gasteiger partial charge in [0, 0.05) is 33.9 Å². The first-order valence-corrected chi connectivity index (χ1v) is 17.5. The molecule has 2 atom stereocenters. The fraction of sp³-hybridized carbons (Fsp3) is 0.455. The molecule has 0 saturated heterocycles. The van der Waals surface area contributed by atoms with Crippen LogP contribution in [0.15, 0.2) is 91.0 Å². The van der Waals surface area contributed by atoms with E-state index in [-0.39, 0.29) is 27.2 Å². The summed E-state index contributed by atoms with van der Waals surface area (Å²) in [7, 11) is 0. The van der Waals surface area contributed by atoms with E-state index in [2.05, 4.69) is 177 Å². The van der Waals surface area contributed by atoms with Crippen molar-refractivity contribution in [2.24, 2.45) is 0 Å². The van der Waals surface area contributed by atoms with E-state index in [0.29, 0.717) is 0 Å². The van der Waals surface area contributed by atoms with E-state index in [0.717, 1.165) is 0 Å². The number of nitrogens with zero attached hydrogens (tertiary/aromatic N) is 2. The number of anilines is 5. The van der Waals surface area contributed by atoms with E-state index in [4.69, 9.17) is 0 Å². The van der Waals surface area contributed by atoms with E-state index >= 15 is 0 Å². The van der Waals surface area contributed by atoms with Gasteiger partial charge in [-0.15, -0.1) is 0 Å². The highest BCUT2D eigenvalue weighted by molar-refractivity contribution is 5.83. The zero-order chi connectivity index (χ0) is 33.3. The average molecular weight is 613 g/mol. The number of benzene rings is 4. The second-order valence-corrected chi connectivity index (χ2v) is 17.6. The van der Waals surface area contributed by atoms with Gasteiger partial charge in [0.15, 0.2) is 0 Å². The van der Waals surface area contributed by atoms with Crippen molar-refractivity contribution in [1.82, 2.24) is 0 Å². The largest absolute Gasteiger partial charge is 0.334 e. The third-order valence-electron chi connectivity index (χ3n) is 11.3. The van der Waals surface area contributed by atoms with Crippen molar-refractivity contribution in [2.45, 2.75) is 129 Å². The number of hydrogen-bond acceptors (Lipinski definition) is 2. The minimum atomic E-state index is -0.0152. The van der Waals surface area contributed by atoms with Crippen LogP contribution in [-0.2, 0) is 21.7 Å². The Bertz CT molecular complexity index is 1650. The normalized spacial score (nSPS) is 21.6. The molecule has 0 bridgehead atoms. The number of rotatable bonds is 4. The minimum Gasteiger partial charge on any atom is -0.334 e. The van der Waals surface area contributed by atoms with E-state index < -0.39 is 0 Å². The molecule has 1 saturated carbocycles. The van der Waals surface area contributed by atoms with Crippen LogP contribution in [0.3, 0.4) is 0 Å². The van der Waals surface area contributed by atoms with Crippen LogP contribution in [0.1, 0.15) is 124 Å². The Morgan fingerprint density at radius 3 is 1.57 bits per heavy atom. The van der Waals surface area contributed by atoms with Crippen LogP contribution in [0.2, 0.25) is 0 Å². The van der Waals surface area contributed by atoms with Crippen molar-refractivity contribution < 1.29 is 0 Å². The van der Waals surface area contributed by atoms with Crippen LogP contribution in [0.5, 0.6) is 0 Å². The number of para-hydroxylation sites is 1. The van der Waals surface area contributed by atoms with Crippen molar-refractivity contribution in [3.8, 4) is 0 Å². The van der Waals surface area contributed by atoms with Crippen LogP contribution in [0.25, 0.3) is 0 Å². The third kappa shape index (κ3) is 5.46. The first kappa shape index (κ1) is 32.4. The van der Waals surface area contributed by atoms with Gasteiger partial charge in [-0.1, -0.05) is 125 Å². The second-order valence-electron chi connectivity index (χ2n) is 17.6. The topological polar surface area (TPSA) is 6.48 Å². The quantitative estimate of drug-likeness (QED) is 0.226. The molecule has 1 heterocycles. The van der Waals surface area contributed by atoms with Crippen molar-refractivity contribution in [3.05, 3.63) is 113 Å². The van der Waals surface area contributed by atoms with Crippen LogP contribution < -0.4 is 9.80 Å².